The second kappa shape index (κ2) is 11.1. The Morgan fingerprint density at radius 2 is 1.61 bits per heavy atom. The highest BCUT2D eigenvalue weighted by Crippen LogP contribution is 2.77. The van der Waals surface area contributed by atoms with E-state index in [4.69, 9.17) is 36.8 Å². The predicted octanol–water partition coefficient (Wildman–Crippen LogP) is 8.99. The van der Waals surface area contributed by atoms with Gasteiger partial charge in [-0.2, -0.15) is 0 Å². The first kappa shape index (κ1) is 29.6. The number of carbonyl (C=O) groups is 1. The maximum absolute atomic E-state index is 14.3. The van der Waals surface area contributed by atoms with Gasteiger partial charge in [0, 0.05) is 46.4 Å². The smallest absolute Gasteiger partial charge is 0.402 e. The van der Waals surface area contributed by atoms with Crippen molar-refractivity contribution in [1.82, 2.24) is 4.98 Å². The lowest BCUT2D eigenvalue weighted by molar-refractivity contribution is -0.186. The molecule has 0 unspecified atom stereocenters. The number of aryl methyl sites for hydroxylation is 1. The number of phosphoric ester groups is 1. The van der Waals surface area contributed by atoms with Gasteiger partial charge in [0.05, 0.1) is 29.8 Å². The van der Waals surface area contributed by atoms with Gasteiger partial charge in [0.25, 0.3) is 0 Å². The molecule has 1 atom stereocenters. The quantitative estimate of drug-likeness (QED) is 0.129. The maximum atomic E-state index is 14.3. The van der Waals surface area contributed by atoms with Crippen LogP contribution >= 0.6 is 31.0 Å². The number of anilines is 1. The fourth-order valence-corrected chi connectivity index (χ4v) is 8.79. The third kappa shape index (κ3) is 4.90. The second-order valence-corrected chi connectivity index (χ2v) is 14.7. The molecule has 1 N–H and O–H groups in total. The van der Waals surface area contributed by atoms with E-state index in [9.17, 15) is 9.36 Å². The summed E-state index contributed by atoms with van der Waals surface area (Å²) >= 11 is 12.8. The average Bonchev–Trinajstić information content (AvgIpc) is 3.55. The Hall–Kier alpha value is -3.06. The van der Waals surface area contributed by atoms with Crippen molar-refractivity contribution in [2.45, 2.75) is 45.3 Å². The lowest BCUT2D eigenvalue weighted by Gasteiger charge is -2.69. The fourth-order valence-electron chi connectivity index (χ4n) is 7.16. The van der Waals surface area contributed by atoms with Gasteiger partial charge >= 0.3 is 7.82 Å². The third-order valence-electron chi connectivity index (χ3n) is 9.40. The number of allylic oxidation sites excluding steroid dienone is 1. The average molecular weight is 652 g/mol. The van der Waals surface area contributed by atoms with Gasteiger partial charge in [-0.15, -0.1) is 11.6 Å². The number of amides is 1. The molecule has 4 aliphatic rings. The number of rotatable bonds is 11. The van der Waals surface area contributed by atoms with Crippen LogP contribution in [0.3, 0.4) is 0 Å². The van der Waals surface area contributed by atoms with Crippen LogP contribution in [0.1, 0.15) is 47.4 Å². The van der Waals surface area contributed by atoms with E-state index < -0.39 is 13.2 Å². The summed E-state index contributed by atoms with van der Waals surface area (Å²) < 4.78 is 32.4. The highest BCUT2D eigenvalue weighted by atomic mass is 35.5. The number of carbonyl (C=O) groups excluding carboxylic acids is 1. The van der Waals surface area contributed by atoms with Crippen molar-refractivity contribution in [2.24, 2.45) is 10.8 Å². The summed E-state index contributed by atoms with van der Waals surface area (Å²) in [7, 11) is -4.17. The number of aromatic amines is 1. The molecule has 8 rings (SSSR count). The molecule has 1 aromatic heterocycles. The number of benzene rings is 3. The second-order valence-electron chi connectivity index (χ2n) is 12.3. The maximum Gasteiger partial charge on any atom is 0.530 e. The summed E-state index contributed by atoms with van der Waals surface area (Å²) in [5.74, 6) is 0.632. The van der Waals surface area contributed by atoms with Crippen molar-refractivity contribution in [1.29, 1.82) is 0 Å². The van der Waals surface area contributed by atoms with Crippen molar-refractivity contribution >= 4 is 53.5 Å². The summed E-state index contributed by atoms with van der Waals surface area (Å²) in [5.41, 5.74) is 4.42. The van der Waals surface area contributed by atoms with E-state index in [0.717, 1.165) is 27.6 Å². The highest BCUT2D eigenvalue weighted by Gasteiger charge is 2.73. The van der Waals surface area contributed by atoms with E-state index in [1.54, 1.807) is 6.07 Å². The van der Waals surface area contributed by atoms with Crippen molar-refractivity contribution in [3.05, 3.63) is 107 Å². The van der Waals surface area contributed by atoms with Gasteiger partial charge in [-0.1, -0.05) is 78.8 Å². The number of nitrogens with one attached hydrogen (secondary N) is 1. The van der Waals surface area contributed by atoms with Gasteiger partial charge in [0.1, 0.15) is 0 Å². The Morgan fingerprint density at radius 1 is 1.02 bits per heavy atom. The summed E-state index contributed by atoms with van der Waals surface area (Å²) in [5, 5.41) is 1.54. The number of halogens is 2. The topological polar surface area (TPSA) is 80.9 Å². The zero-order valence-corrected chi connectivity index (χ0v) is 26.8. The number of phosphoric acid groups is 1. The molecule has 1 aliphatic heterocycles. The third-order valence-corrected chi connectivity index (χ3v) is 11.5. The minimum absolute atomic E-state index is 0.0276. The Kier molecular flexibility index (Phi) is 7.46. The number of hydrogen-bond acceptors (Lipinski definition) is 5. The van der Waals surface area contributed by atoms with E-state index in [-0.39, 0.29) is 36.2 Å². The number of H-pyrrole nitrogens is 1. The number of nitrogens with zero attached hydrogens (tertiary/aromatic N) is 1. The van der Waals surface area contributed by atoms with Crippen molar-refractivity contribution in [3.63, 3.8) is 0 Å². The van der Waals surface area contributed by atoms with Gasteiger partial charge in [-0.3, -0.25) is 13.8 Å². The van der Waals surface area contributed by atoms with Crippen molar-refractivity contribution in [2.75, 3.05) is 17.3 Å². The number of alkyl halides is 1. The van der Waals surface area contributed by atoms with Gasteiger partial charge in [-0.25, -0.2) is 4.57 Å². The van der Waals surface area contributed by atoms with Gasteiger partial charge in [0.2, 0.25) is 5.91 Å². The molecule has 3 aromatic carbocycles. The molecular weight excluding hydrogens is 618 g/mol. The predicted molar refractivity (Wildman–Crippen MR) is 173 cm³/mol. The zero-order chi connectivity index (χ0) is 30.7. The van der Waals surface area contributed by atoms with Crippen LogP contribution in [0.5, 0.6) is 5.75 Å². The molecule has 3 aliphatic carbocycles. The molecule has 10 heteroatoms. The zero-order valence-electron chi connectivity index (χ0n) is 24.4. The lowest BCUT2D eigenvalue weighted by atomic mass is 9.34. The Bertz CT molecular complexity index is 1740. The monoisotopic (exact) mass is 650 g/mol. The molecule has 3 saturated carbocycles. The molecule has 0 spiro atoms. The molecule has 228 valence electrons. The molecule has 0 radical (unpaired) electrons. The van der Waals surface area contributed by atoms with Crippen LogP contribution in [0.25, 0.3) is 10.9 Å². The highest BCUT2D eigenvalue weighted by molar-refractivity contribution is 7.48. The molecule has 7 nitrogen and oxygen atoms in total. The SMILES string of the molecule is C=C(Cl)C12CC(C(=O)N3C[C@@H](CCl)c4c3cc(OP(=O)(OCc3ccccc3)OCc3ccccc3)c3[nH]cc(C)c43)(C1)C2. The first-order valence-electron chi connectivity index (χ1n) is 14.7. The van der Waals surface area contributed by atoms with Crippen LogP contribution in [-0.4, -0.2) is 23.3 Å². The molecule has 4 aromatic rings. The largest absolute Gasteiger partial charge is 0.530 e. The summed E-state index contributed by atoms with van der Waals surface area (Å²) in [6.07, 6.45) is 4.01. The van der Waals surface area contributed by atoms with Gasteiger partial charge in [-0.05, 0) is 48.4 Å². The summed E-state index contributed by atoms with van der Waals surface area (Å²) in [4.78, 5) is 19.2. The first-order chi connectivity index (χ1) is 21.2. The standard InChI is InChI=1S/C34H33Cl2N2O5P/c1-22-15-37-31-28(43-44(40,41-17-24-9-5-3-6-10-24)42-18-25-11-7-4-8-12-25)13-27-30(29(22)31)26(14-35)16-38(27)32(39)34-19-33(20-34,21-34)23(2)36/h3-13,15,26,37H,2,14,16-21H2,1H3/t26-,33?,34?/m1/s1. The first-order valence-corrected chi connectivity index (χ1v) is 17.1. The molecule has 0 saturated heterocycles. The van der Waals surface area contributed by atoms with E-state index in [2.05, 4.69) is 11.6 Å². The molecule has 3 fully saturated rings. The number of aromatic nitrogens is 1. The molecule has 2 bridgehead atoms. The summed E-state index contributed by atoms with van der Waals surface area (Å²) in [6, 6.07) is 20.7. The van der Waals surface area contributed by atoms with Crippen LogP contribution < -0.4 is 9.42 Å². The minimum atomic E-state index is -4.17. The van der Waals surface area contributed by atoms with Crippen LogP contribution in [0, 0.1) is 17.8 Å². The summed E-state index contributed by atoms with van der Waals surface area (Å²) in [6.45, 7) is 6.45. The molecule has 2 heterocycles. The van der Waals surface area contributed by atoms with E-state index in [1.807, 2.05) is 78.7 Å². The Balaban J connectivity index is 1.25. The van der Waals surface area contributed by atoms with Crippen LogP contribution in [0.4, 0.5) is 5.69 Å². The van der Waals surface area contributed by atoms with Crippen LogP contribution in [-0.2, 0) is 31.6 Å². The fraction of sp³-hybridized carbons (Fsp3) is 0.324. The van der Waals surface area contributed by atoms with Gasteiger partial charge in [0.15, 0.2) is 5.75 Å². The Morgan fingerprint density at radius 3 is 2.16 bits per heavy atom. The number of hydrogen-bond donors (Lipinski definition) is 1. The number of fused-ring (bicyclic) bond motifs is 3. The molecular formula is C34H33Cl2N2O5P. The molecule has 1 amide bonds. The van der Waals surface area contributed by atoms with E-state index in [0.29, 0.717) is 47.9 Å². The minimum Gasteiger partial charge on any atom is -0.402 e. The van der Waals surface area contributed by atoms with E-state index in [1.165, 1.54) is 0 Å². The van der Waals surface area contributed by atoms with Gasteiger partial charge < -0.3 is 14.4 Å². The van der Waals surface area contributed by atoms with E-state index >= 15 is 0 Å². The normalized spacial score (nSPS) is 23.6. The van der Waals surface area contributed by atoms with Crippen molar-refractivity contribution < 1.29 is 22.9 Å². The Labute approximate surface area is 266 Å². The molecule has 44 heavy (non-hydrogen) atoms. The van der Waals surface area contributed by atoms with Crippen LogP contribution in [0.15, 0.2) is 84.5 Å². The lowest BCUT2D eigenvalue weighted by Crippen LogP contribution is -2.68. The van der Waals surface area contributed by atoms with Crippen LogP contribution in [0.2, 0.25) is 0 Å². The van der Waals surface area contributed by atoms with Crippen molar-refractivity contribution in [3.8, 4) is 5.75 Å².